The van der Waals surface area contributed by atoms with Crippen molar-refractivity contribution >= 4 is 29.6 Å². The van der Waals surface area contributed by atoms with E-state index in [0.717, 1.165) is 28.6 Å². The Hall–Kier alpha value is -2.41. The number of aliphatic carboxylic acids is 1. The molecule has 0 spiro atoms. The first-order valence-corrected chi connectivity index (χ1v) is 11.4. The minimum Gasteiger partial charge on any atom is -0.479 e. The zero-order valence-electron chi connectivity index (χ0n) is 17.7. The molecular weight excluding hydrogens is 418 g/mol. The lowest BCUT2D eigenvalue weighted by molar-refractivity contribution is -0.147. The number of anilines is 1. The molecule has 0 amide bonds. The number of hydrogen-bond acceptors (Lipinski definition) is 4. The van der Waals surface area contributed by atoms with Crippen LogP contribution in [0.4, 0.5) is 14.5 Å². The van der Waals surface area contributed by atoms with Crippen molar-refractivity contribution in [1.82, 2.24) is 0 Å². The van der Waals surface area contributed by atoms with Crippen molar-refractivity contribution in [2.45, 2.75) is 49.6 Å². The maximum atomic E-state index is 14.6. The van der Waals surface area contributed by atoms with Crippen LogP contribution in [0.25, 0.3) is 11.1 Å². The molecule has 1 unspecified atom stereocenters. The molecular formula is C24H24F2N2O2S. The van der Waals surface area contributed by atoms with Crippen LogP contribution in [0.5, 0.6) is 0 Å². The van der Waals surface area contributed by atoms with E-state index in [0.29, 0.717) is 17.9 Å². The number of hydrogen-bond donors (Lipinski definition) is 1. The van der Waals surface area contributed by atoms with Gasteiger partial charge in [0.2, 0.25) is 0 Å². The summed E-state index contributed by atoms with van der Waals surface area (Å²) in [5.74, 6) is -2.26. The molecule has 1 N–H and O–H groups in total. The molecule has 0 saturated heterocycles. The van der Waals surface area contributed by atoms with Gasteiger partial charge in [0.05, 0.1) is 5.69 Å². The predicted molar refractivity (Wildman–Crippen MR) is 119 cm³/mol. The summed E-state index contributed by atoms with van der Waals surface area (Å²) < 4.78 is 28.5. The SMILES string of the molecule is CC(C)(C)C1(C(=O)O)CSc2cc(-c3cccc(F)c3F)cc3c2N1[C@H]1CCN=C[C@H]31. The normalized spacial score (nSPS) is 26.5. The predicted octanol–water partition coefficient (Wildman–Crippen LogP) is 5.35. The number of thioether (sulfide) groups is 1. The number of fused-ring (bicyclic) bond motifs is 3. The van der Waals surface area contributed by atoms with Gasteiger partial charge in [0, 0.05) is 40.9 Å². The van der Waals surface area contributed by atoms with Crippen molar-refractivity contribution in [1.29, 1.82) is 0 Å². The Labute approximate surface area is 184 Å². The van der Waals surface area contributed by atoms with Gasteiger partial charge in [-0.05, 0) is 41.2 Å². The number of aliphatic imine (C=N–C) groups is 1. The van der Waals surface area contributed by atoms with Gasteiger partial charge < -0.3 is 10.0 Å². The fourth-order valence-corrected chi connectivity index (χ4v) is 6.96. The van der Waals surface area contributed by atoms with Gasteiger partial charge in [-0.3, -0.25) is 4.99 Å². The summed E-state index contributed by atoms with van der Waals surface area (Å²) in [7, 11) is 0. The third kappa shape index (κ3) is 2.71. The maximum Gasteiger partial charge on any atom is 0.330 e. The van der Waals surface area contributed by atoms with E-state index in [1.165, 1.54) is 17.8 Å². The molecule has 0 saturated carbocycles. The molecule has 0 bridgehead atoms. The Kier molecular flexibility index (Phi) is 4.49. The van der Waals surface area contributed by atoms with E-state index in [1.807, 2.05) is 39.1 Å². The van der Waals surface area contributed by atoms with Gasteiger partial charge in [0.15, 0.2) is 17.2 Å². The fourth-order valence-electron chi connectivity index (χ4n) is 5.34. The zero-order chi connectivity index (χ0) is 22.1. The molecule has 3 aliphatic heterocycles. The van der Waals surface area contributed by atoms with E-state index >= 15 is 0 Å². The van der Waals surface area contributed by atoms with Gasteiger partial charge in [-0.2, -0.15) is 0 Å². The van der Waals surface area contributed by atoms with Gasteiger partial charge in [-0.1, -0.05) is 32.9 Å². The molecule has 162 valence electrons. The molecule has 5 rings (SSSR count). The Balaban J connectivity index is 1.77. The summed E-state index contributed by atoms with van der Waals surface area (Å²) in [6.45, 7) is 6.59. The average Bonchev–Trinajstić information content (AvgIpc) is 3.05. The van der Waals surface area contributed by atoms with Crippen molar-refractivity contribution in [3.8, 4) is 11.1 Å². The van der Waals surface area contributed by atoms with Crippen molar-refractivity contribution < 1.29 is 18.7 Å². The minimum absolute atomic E-state index is 0.0184. The quantitative estimate of drug-likeness (QED) is 0.681. The first kappa shape index (κ1) is 20.5. The van der Waals surface area contributed by atoms with Crippen LogP contribution < -0.4 is 4.90 Å². The van der Waals surface area contributed by atoms with E-state index in [4.69, 9.17) is 0 Å². The number of carboxylic acid groups (broad SMARTS) is 1. The summed E-state index contributed by atoms with van der Waals surface area (Å²) in [4.78, 5) is 20.3. The molecule has 2 aromatic carbocycles. The highest BCUT2D eigenvalue weighted by molar-refractivity contribution is 7.99. The van der Waals surface area contributed by atoms with Crippen LogP contribution in [0, 0.1) is 17.0 Å². The number of nitrogens with zero attached hydrogens (tertiary/aromatic N) is 2. The molecule has 3 aliphatic rings. The highest BCUT2D eigenvalue weighted by Gasteiger charge is 2.61. The Bertz CT molecular complexity index is 1130. The van der Waals surface area contributed by atoms with Crippen LogP contribution in [-0.2, 0) is 4.79 Å². The number of benzene rings is 2. The first-order chi connectivity index (χ1) is 14.7. The largest absolute Gasteiger partial charge is 0.479 e. The Morgan fingerprint density at radius 1 is 1.29 bits per heavy atom. The number of rotatable bonds is 2. The monoisotopic (exact) mass is 442 g/mol. The summed E-state index contributed by atoms with van der Waals surface area (Å²) >= 11 is 1.49. The van der Waals surface area contributed by atoms with Gasteiger partial charge >= 0.3 is 5.97 Å². The van der Waals surface area contributed by atoms with Crippen molar-refractivity contribution in [2.75, 3.05) is 17.2 Å². The van der Waals surface area contributed by atoms with E-state index in [9.17, 15) is 18.7 Å². The van der Waals surface area contributed by atoms with Crippen LogP contribution in [0.3, 0.4) is 0 Å². The smallest absolute Gasteiger partial charge is 0.330 e. The molecule has 3 heterocycles. The fraction of sp³-hybridized carbons (Fsp3) is 0.417. The summed E-state index contributed by atoms with van der Waals surface area (Å²) in [6.07, 6.45) is 2.67. The second kappa shape index (κ2) is 6.79. The van der Waals surface area contributed by atoms with E-state index in [2.05, 4.69) is 9.89 Å². The molecule has 31 heavy (non-hydrogen) atoms. The maximum absolute atomic E-state index is 14.6. The number of carbonyl (C=O) groups is 1. The lowest BCUT2D eigenvalue weighted by atomic mass is 9.72. The first-order valence-electron chi connectivity index (χ1n) is 10.4. The zero-order valence-corrected chi connectivity index (χ0v) is 18.5. The van der Waals surface area contributed by atoms with Crippen molar-refractivity contribution in [2.24, 2.45) is 10.4 Å². The lowest BCUT2D eigenvalue weighted by Crippen LogP contribution is -2.68. The number of halogens is 2. The lowest BCUT2D eigenvalue weighted by Gasteiger charge is -2.54. The van der Waals surface area contributed by atoms with Gasteiger partial charge in [-0.15, -0.1) is 11.8 Å². The molecule has 3 atom stereocenters. The second-order valence-electron chi connectivity index (χ2n) is 9.52. The van der Waals surface area contributed by atoms with Gasteiger partial charge in [-0.25, -0.2) is 13.6 Å². The molecule has 0 radical (unpaired) electrons. The van der Waals surface area contributed by atoms with Gasteiger partial charge in [0.25, 0.3) is 0 Å². The molecule has 0 aliphatic carbocycles. The van der Waals surface area contributed by atoms with Crippen LogP contribution in [0.15, 0.2) is 40.2 Å². The van der Waals surface area contributed by atoms with E-state index in [1.54, 1.807) is 6.07 Å². The third-order valence-electron chi connectivity index (χ3n) is 6.98. The number of carboxylic acids is 1. The summed E-state index contributed by atoms with van der Waals surface area (Å²) in [5.41, 5.74) is 1.10. The average molecular weight is 443 g/mol. The van der Waals surface area contributed by atoms with Crippen LogP contribution in [0.2, 0.25) is 0 Å². The molecule has 0 fully saturated rings. The van der Waals surface area contributed by atoms with Crippen molar-refractivity contribution in [3.05, 3.63) is 47.5 Å². The topological polar surface area (TPSA) is 52.9 Å². The highest BCUT2D eigenvalue weighted by Crippen LogP contribution is 2.59. The van der Waals surface area contributed by atoms with Crippen LogP contribution in [-0.4, -0.2) is 41.2 Å². The highest BCUT2D eigenvalue weighted by atomic mass is 32.2. The van der Waals surface area contributed by atoms with E-state index < -0.39 is 28.6 Å². The molecule has 0 aromatic heterocycles. The minimum atomic E-state index is -1.07. The Morgan fingerprint density at radius 2 is 2.06 bits per heavy atom. The van der Waals surface area contributed by atoms with Crippen molar-refractivity contribution in [3.63, 3.8) is 0 Å². The molecule has 4 nitrogen and oxygen atoms in total. The third-order valence-corrected chi connectivity index (χ3v) is 8.16. The second-order valence-corrected chi connectivity index (χ2v) is 10.5. The van der Waals surface area contributed by atoms with Crippen LogP contribution >= 0.6 is 11.8 Å². The standard InChI is InChI=1S/C24H24F2N2O2S/c1-23(2,3)24(22(29)30)12-31-19-10-13(14-5-4-6-17(25)20(14)26)9-15-16-11-27-8-7-18(16)28(24)21(15)19/h4-6,9-11,16,18H,7-8,12H2,1-3H3,(H,29,30)/t16-,18+,24?/m1/s1. The summed E-state index contributed by atoms with van der Waals surface area (Å²) in [5, 5.41) is 10.5. The van der Waals surface area contributed by atoms with E-state index in [-0.39, 0.29) is 17.5 Å². The molecule has 7 heteroatoms. The Morgan fingerprint density at radius 3 is 2.77 bits per heavy atom. The van der Waals surface area contributed by atoms with Crippen LogP contribution in [0.1, 0.15) is 38.7 Å². The molecule has 2 aromatic rings. The summed E-state index contributed by atoms with van der Waals surface area (Å²) in [6, 6.07) is 7.95. The van der Waals surface area contributed by atoms with Gasteiger partial charge in [0.1, 0.15) is 0 Å².